The zero-order valence-electron chi connectivity index (χ0n) is 37.3. The van der Waals surface area contributed by atoms with Gasteiger partial charge in [0.1, 0.15) is 41.7 Å². The Labute approximate surface area is 377 Å². The SMILES string of the molecule is CC[C@H](C)[C@@H]1NC(=O)[C@H](Cc2ccc(O)cc2)CCC(=O)CC[C@@H](C(=O)N(CC(=O)NC(C(=O)NCC(N)=O)C(C)C)C2CC2)NC(=O)[C@H](CC(N)=O)NC(=O)[C@H](CCC(N)=O)NC1=O. The van der Waals surface area contributed by atoms with E-state index in [1.165, 1.54) is 17.0 Å². The number of phenols is 1. The van der Waals surface area contributed by atoms with Crippen LogP contribution in [0.3, 0.4) is 0 Å². The Bertz CT molecular complexity index is 1940. The topological polar surface area (TPSA) is 361 Å². The summed E-state index contributed by atoms with van der Waals surface area (Å²) in [6.07, 6.45) is -0.918. The zero-order valence-corrected chi connectivity index (χ0v) is 37.3. The summed E-state index contributed by atoms with van der Waals surface area (Å²) in [5.41, 5.74) is 16.6. The molecule has 0 bridgehead atoms. The van der Waals surface area contributed by atoms with Gasteiger partial charge in [-0.3, -0.25) is 52.7 Å². The molecule has 0 aromatic heterocycles. The Morgan fingerprint density at radius 2 is 1.38 bits per heavy atom. The summed E-state index contributed by atoms with van der Waals surface area (Å²) < 4.78 is 0. The number of ketones is 1. The smallest absolute Gasteiger partial charge is 0.245 e. The molecule has 1 saturated heterocycles. The van der Waals surface area contributed by atoms with E-state index in [-0.39, 0.29) is 44.3 Å². The highest BCUT2D eigenvalue weighted by Gasteiger charge is 2.40. The molecule has 1 saturated carbocycles. The fourth-order valence-corrected chi connectivity index (χ4v) is 7.18. The lowest BCUT2D eigenvalue weighted by Gasteiger charge is -2.31. The van der Waals surface area contributed by atoms with E-state index < -0.39 is 145 Å². The molecule has 13 N–H and O–H groups in total. The predicted octanol–water partition coefficient (Wildman–Crippen LogP) is -2.45. The van der Waals surface area contributed by atoms with Crippen LogP contribution >= 0.6 is 0 Å². The van der Waals surface area contributed by atoms with Crippen molar-refractivity contribution in [1.29, 1.82) is 0 Å². The number of benzene rings is 1. The van der Waals surface area contributed by atoms with E-state index in [9.17, 15) is 57.8 Å². The summed E-state index contributed by atoms with van der Waals surface area (Å²) in [5, 5.41) is 25.0. The van der Waals surface area contributed by atoms with E-state index in [0.29, 0.717) is 24.8 Å². The van der Waals surface area contributed by atoms with E-state index in [2.05, 4.69) is 31.9 Å². The number of nitrogens with zero attached hydrogens (tertiary/aromatic N) is 1. The van der Waals surface area contributed by atoms with Crippen LogP contribution in [0.4, 0.5) is 0 Å². The van der Waals surface area contributed by atoms with Crippen LogP contribution in [-0.2, 0) is 59.2 Å². The molecule has 1 aliphatic heterocycles. The maximum Gasteiger partial charge on any atom is 0.245 e. The first-order valence-corrected chi connectivity index (χ1v) is 21.8. The van der Waals surface area contributed by atoms with Crippen LogP contribution in [0.25, 0.3) is 0 Å². The lowest BCUT2D eigenvalue weighted by Crippen LogP contribution is -2.60. The van der Waals surface area contributed by atoms with Crippen molar-refractivity contribution >= 4 is 64.9 Å². The van der Waals surface area contributed by atoms with E-state index in [1.807, 2.05) is 0 Å². The van der Waals surface area contributed by atoms with Crippen molar-refractivity contribution in [2.45, 2.75) is 135 Å². The van der Waals surface area contributed by atoms with Crippen molar-refractivity contribution in [3.05, 3.63) is 29.8 Å². The van der Waals surface area contributed by atoms with E-state index >= 15 is 0 Å². The highest BCUT2D eigenvalue weighted by atomic mass is 16.3. The van der Waals surface area contributed by atoms with Gasteiger partial charge >= 0.3 is 0 Å². The lowest BCUT2D eigenvalue weighted by atomic mass is 9.90. The average molecular weight is 913 g/mol. The monoisotopic (exact) mass is 912 g/mol. The van der Waals surface area contributed by atoms with Crippen LogP contribution in [0.15, 0.2) is 24.3 Å². The summed E-state index contributed by atoms with van der Waals surface area (Å²) >= 11 is 0. The molecule has 1 heterocycles. The second-order valence-electron chi connectivity index (χ2n) is 17.1. The van der Waals surface area contributed by atoms with Crippen molar-refractivity contribution < 1.29 is 57.8 Å². The van der Waals surface area contributed by atoms with Gasteiger partial charge in [-0.2, -0.15) is 0 Å². The number of nitrogens with two attached hydrogens (primary N) is 3. The molecule has 2 aliphatic rings. The summed E-state index contributed by atoms with van der Waals surface area (Å²) in [5.74, 6) is -10.7. The standard InChI is InChI=1S/C43H64N10O12/c1-5-23(4)37-42(64)48-29(16-17-32(44)56)39(61)50-31(19-33(45)57)40(62)49-30(15-14-28(55)13-8-25(38(60)52-37)18-24-6-11-27(54)12-7-24)43(65)53(26-9-10-26)21-35(59)51-36(22(2)3)41(63)47-20-34(46)58/h6-7,11-12,22-23,25-26,29-31,36-37,54H,5,8-10,13-21H2,1-4H3,(H2,44,56)(H2,45,57)(H2,46,58)(H,47,63)(H,48,64)(H,49,62)(H,50,61)(H,51,59)(H,52,60)/t23-,25-,29-,30-,31-,36?,37-/m0/s1. The van der Waals surface area contributed by atoms with E-state index in [0.717, 1.165) is 0 Å². The zero-order chi connectivity index (χ0) is 48.5. The van der Waals surface area contributed by atoms with Crippen LogP contribution in [0.5, 0.6) is 5.75 Å². The molecule has 1 aromatic carbocycles. The maximum absolute atomic E-state index is 14.4. The lowest BCUT2D eigenvalue weighted by molar-refractivity contribution is -0.142. The van der Waals surface area contributed by atoms with Crippen molar-refractivity contribution in [2.24, 2.45) is 35.0 Å². The Morgan fingerprint density at radius 3 is 1.95 bits per heavy atom. The van der Waals surface area contributed by atoms with Gasteiger partial charge in [0.05, 0.1) is 19.5 Å². The summed E-state index contributed by atoms with van der Waals surface area (Å²) in [6.45, 7) is 5.72. The number of amides is 10. The number of nitrogens with one attached hydrogen (secondary N) is 6. The fraction of sp³-hybridized carbons (Fsp3) is 0.605. The molecule has 3 rings (SSSR count). The third-order valence-electron chi connectivity index (χ3n) is 11.3. The van der Waals surface area contributed by atoms with Crippen LogP contribution in [-0.4, -0.2) is 124 Å². The van der Waals surface area contributed by atoms with Gasteiger partial charge in [-0.1, -0.05) is 46.2 Å². The highest BCUT2D eigenvalue weighted by Crippen LogP contribution is 2.28. The van der Waals surface area contributed by atoms with Gasteiger partial charge < -0.3 is 59.1 Å². The molecule has 10 amide bonds. The van der Waals surface area contributed by atoms with E-state index in [1.54, 1.807) is 39.8 Å². The molecule has 1 unspecified atom stereocenters. The second kappa shape index (κ2) is 25.0. The number of carbonyl (C=O) groups is 11. The number of phenolic OH excluding ortho intramolecular Hbond substituents is 1. The Kier molecular flexibility index (Phi) is 20.3. The third-order valence-corrected chi connectivity index (χ3v) is 11.3. The number of aromatic hydroxyl groups is 1. The second-order valence-corrected chi connectivity index (χ2v) is 17.1. The molecular weight excluding hydrogens is 849 g/mol. The van der Waals surface area contributed by atoms with Crippen molar-refractivity contribution in [1.82, 2.24) is 36.8 Å². The first-order chi connectivity index (χ1) is 30.6. The Balaban J connectivity index is 2.04. The maximum atomic E-state index is 14.4. The van der Waals surface area contributed by atoms with Crippen LogP contribution in [0, 0.1) is 17.8 Å². The molecule has 7 atom stereocenters. The first-order valence-electron chi connectivity index (χ1n) is 21.8. The van der Waals surface area contributed by atoms with Crippen molar-refractivity contribution in [3.63, 3.8) is 0 Å². The summed E-state index contributed by atoms with van der Waals surface area (Å²) in [7, 11) is 0. The number of hydrogen-bond donors (Lipinski definition) is 10. The van der Waals surface area contributed by atoms with Gasteiger partial charge in [-0.25, -0.2) is 0 Å². The van der Waals surface area contributed by atoms with E-state index in [4.69, 9.17) is 17.2 Å². The third kappa shape index (κ3) is 17.5. The van der Waals surface area contributed by atoms with Crippen molar-refractivity contribution in [2.75, 3.05) is 13.1 Å². The molecule has 1 aliphatic carbocycles. The molecule has 0 radical (unpaired) electrons. The number of Topliss-reactive ketones (excluding diaryl/α,β-unsaturated/α-hetero) is 1. The van der Waals surface area contributed by atoms with Gasteiger partial charge in [-0.15, -0.1) is 0 Å². The van der Waals surface area contributed by atoms with Gasteiger partial charge in [0.25, 0.3) is 0 Å². The minimum Gasteiger partial charge on any atom is -0.508 e. The van der Waals surface area contributed by atoms with Crippen molar-refractivity contribution in [3.8, 4) is 5.75 Å². The fourth-order valence-electron chi connectivity index (χ4n) is 7.18. The molecule has 22 nitrogen and oxygen atoms in total. The largest absolute Gasteiger partial charge is 0.508 e. The molecule has 358 valence electrons. The van der Waals surface area contributed by atoms with Gasteiger partial charge in [0, 0.05) is 31.2 Å². The first kappa shape index (κ1) is 52.7. The summed E-state index contributed by atoms with van der Waals surface area (Å²) in [6, 6.07) is -1.51. The van der Waals surface area contributed by atoms with Gasteiger partial charge in [0.2, 0.25) is 59.1 Å². The predicted molar refractivity (Wildman–Crippen MR) is 232 cm³/mol. The number of rotatable bonds is 18. The van der Waals surface area contributed by atoms with Gasteiger partial charge in [0.15, 0.2) is 0 Å². The number of hydrogen-bond acceptors (Lipinski definition) is 12. The molecule has 0 spiro atoms. The summed E-state index contributed by atoms with van der Waals surface area (Å²) in [4.78, 5) is 147. The molecule has 2 fully saturated rings. The molecule has 22 heteroatoms. The normalized spacial score (nSPS) is 22.4. The minimum absolute atomic E-state index is 0.0104. The number of primary amides is 3. The van der Waals surface area contributed by atoms with Crippen LogP contribution in [0.1, 0.15) is 97.5 Å². The minimum atomic E-state index is -1.74. The Morgan fingerprint density at radius 1 is 0.769 bits per heavy atom. The highest BCUT2D eigenvalue weighted by molar-refractivity contribution is 5.99. The van der Waals surface area contributed by atoms with Crippen LogP contribution < -0.4 is 49.1 Å². The Hall–Kier alpha value is -6.61. The van der Waals surface area contributed by atoms with Crippen LogP contribution in [0.2, 0.25) is 0 Å². The van der Waals surface area contributed by atoms with Gasteiger partial charge in [-0.05, 0) is 68.1 Å². The molecule has 65 heavy (non-hydrogen) atoms. The number of carbonyl (C=O) groups excluding carboxylic acids is 11. The average Bonchev–Trinajstić information content (AvgIpc) is 4.09. The quantitative estimate of drug-likeness (QED) is 0.0734. The molecular formula is C43H64N10O12. The molecule has 1 aromatic rings.